The molecule has 1 rings (SSSR count). The summed E-state index contributed by atoms with van der Waals surface area (Å²) in [7, 11) is 0. The molecule has 17 heavy (non-hydrogen) atoms. The number of nitrogens with zero attached hydrogens (tertiary/aromatic N) is 1. The minimum Gasteiger partial charge on any atom is -0.393 e. The van der Waals surface area contributed by atoms with E-state index >= 15 is 0 Å². The average Bonchev–Trinajstić information content (AvgIpc) is 2.27. The van der Waals surface area contributed by atoms with E-state index in [4.69, 9.17) is 11.6 Å². The molecule has 0 saturated heterocycles. The summed E-state index contributed by atoms with van der Waals surface area (Å²) in [6.07, 6.45) is 2.65. The number of aliphatic hydroxyl groups excluding tert-OH is 1. The zero-order valence-corrected chi connectivity index (χ0v) is 10.5. The first-order valence-electron chi connectivity index (χ1n) is 5.65. The van der Waals surface area contributed by atoms with Gasteiger partial charge in [0.1, 0.15) is 0 Å². The number of hydrogen-bond donors (Lipinski definition) is 1. The normalized spacial score (nSPS) is 12.4. The summed E-state index contributed by atoms with van der Waals surface area (Å²) in [5.74, 6) is 0. The minimum atomic E-state index is -0.471. The van der Waals surface area contributed by atoms with Gasteiger partial charge in [-0.25, -0.2) is 0 Å². The van der Waals surface area contributed by atoms with Gasteiger partial charge in [0.05, 0.1) is 16.0 Å². The Kier molecular flexibility index (Phi) is 5.38. The van der Waals surface area contributed by atoms with Crippen molar-refractivity contribution >= 4 is 17.3 Å². The van der Waals surface area contributed by atoms with E-state index in [2.05, 4.69) is 0 Å². The number of hydrogen-bond acceptors (Lipinski definition) is 3. The molecule has 0 radical (unpaired) electrons. The summed E-state index contributed by atoms with van der Waals surface area (Å²) in [5, 5.41) is 20.5. The van der Waals surface area contributed by atoms with Crippen molar-refractivity contribution in [3.63, 3.8) is 0 Å². The molecule has 0 aliphatic heterocycles. The lowest BCUT2D eigenvalue weighted by molar-refractivity contribution is -0.384. The summed E-state index contributed by atoms with van der Waals surface area (Å²) in [4.78, 5) is 10.1. The summed E-state index contributed by atoms with van der Waals surface area (Å²) in [6, 6.07) is 4.44. The molecule has 0 heterocycles. The Balaban J connectivity index is 2.63. The van der Waals surface area contributed by atoms with Gasteiger partial charge in [0.25, 0.3) is 5.69 Å². The van der Waals surface area contributed by atoms with Crippen LogP contribution in [0.4, 0.5) is 5.69 Å². The van der Waals surface area contributed by atoms with E-state index in [0.717, 1.165) is 18.4 Å². The molecule has 94 valence electrons. The highest BCUT2D eigenvalue weighted by Crippen LogP contribution is 2.24. The van der Waals surface area contributed by atoms with Crippen LogP contribution in [-0.2, 0) is 6.42 Å². The topological polar surface area (TPSA) is 63.4 Å². The third-order valence-electron chi connectivity index (χ3n) is 2.62. The first-order chi connectivity index (χ1) is 8.04. The van der Waals surface area contributed by atoms with Gasteiger partial charge in [-0.05, 0) is 24.8 Å². The van der Waals surface area contributed by atoms with Crippen LogP contribution in [0.3, 0.4) is 0 Å². The fourth-order valence-electron chi connectivity index (χ4n) is 1.65. The van der Waals surface area contributed by atoms with Gasteiger partial charge in [-0.15, -0.1) is 0 Å². The summed E-state index contributed by atoms with van der Waals surface area (Å²) in [6.45, 7) is 2.02. The standard InChI is InChI=1S/C12H16ClNO3/c1-2-3-11(15)7-5-9-4-6-10(14(16)17)8-12(9)13/h4,6,8,11,15H,2-3,5,7H2,1H3. The second kappa shape index (κ2) is 6.57. The predicted octanol–water partition coefficient (Wildman–Crippen LogP) is 3.34. The molecule has 0 saturated carbocycles. The van der Waals surface area contributed by atoms with Gasteiger partial charge >= 0.3 is 0 Å². The highest BCUT2D eigenvalue weighted by molar-refractivity contribution is 6.31. The van der Waals surface area contributed by atoms with E-state index in [9.17, 15) is 15.2 Å². The number of rotatable bonds is 6. The number of nitro benzene ring substituents is 1. The van der Waals surface area contributed by atoms with Gasteiger partial charge in [-0.3, -0.25) is 10.1 Å². The maximum Gasteiger partial charge on any atom is 0.270 e. The molecule has 4 nitrogen and oxygen atoms in total. The van der Waals surface area contributed by atoms with Crippen LogP contribution in [0.25, 0.3) is 0 Å². The van der Waals surface area contributed by atoms with E-state index in [0.29, 0.717) is 17.9 Å². The quantitative estimate of drug-likeness (QED) is 0.628. The molecule has 5 heteroatoms. The monoisotopic (exact) mass is 257 g/mol. The van der Waals surface area contributed by atoms with Crippen molar-refractivity contribution in [1.29, 1.82) is 0 Å². The maximum absolute atomic E-state index is 10.5. The van der Waals surface area contributed by atoms with Crippen molar-refractivity contribution in [2.45, 2.75) is 38.7 Å². The Hall–Kier alpha value is -1.13. The van der Waals surface area contributed by atoms with Crippen molar-refractivity contribution in [1.82, 2.24) is 0 Å². The van der Waals surface area contributed by atoms with Crippen molar-refractivity contribution in [2.24, 2.45) is 0 Å². The molecule has 1 N–H and O–H groups in total. The van der Waals surface area contributed by atoms with Gasteiger partial charge in [0, 0.05) is 12.1 Å². The molecular weight excluding hydrogens is 242 g/mol. The number of aliphatic hydroxyl groups is 1. The van der Waals surface area contributed by atoms with E-state index in [1.54, 1.807) is 6.07 Å². The summed E-state index contributed by atoms with van der Waals surface area (Å²) < 4.78 is 0. The van der Waals surface area contributed by atoms with Gasteiger partial charge in [-0.2, -0.15) is 0 Å². The van der Waals surface area contributed by atoms with Crippen LogP contribution < -0.4 is 0 Å². The summed E-state index contributed by atoms with van der Waals surface area (Å²) >= 11 is 5.95. The Morgan fingerprint density at radius 3 is 2.71 bits per heavy atom. The molecule has 0 aromatic heterocycles. The Labute approximate surface area is 105 Å². The van der Waals surface area contributed by atoms with Crippen molar-refractivity contribution in [2.75, 3.05) is 0 Å². The predicted molar refractivity (Wildman–Crippen MR) is 67.3 cm³/mol. The third kappa shape index (κ3) is 4.32. The van der Waals surface area contributed by atoms with Gasteiger partial charge < -0.3 is 5.11 Å². The van der Waals surface area contributed by atoms with Crippen LogP contribution in [0.1, 0.15) is 31.7 Å². The zero-order chi connectivity index (χ0) is 12.8. The molecule has 1 aromatic rings. The Morgan fingerprint density at radius 2 is 2.18 bits per heavy atom. The lowest BCUT2D eigenvalue weighted by Crippen LogP contribution is -2.07. The number of aryl methyl sites for hydroxylation is 1. The van der Waals surface area contributed by atoms with Crippen LogP contribution >= 0.6 is 11.6 Å². The smallest absolute Gasteiger partial charge is 0.270 e. The molecule has 0 aliphatic carbocycles. The summed E-state index contributed by atoms with van der Waals surface area (Å²) in [5.41, 5.74) is 0.834. The molecule has 1 aromatic carbocycles. The van der Waals surface area contributed by atoms with Gasteiger partial charge in [0.15, 0.2) is 0 Å². The zero-order valence-electron chi connectivity index (χ0n) is 9.73. The Bertz CT molecular complexity index is 395. The molecule has 0 amide bonds. The molecule has 1 atom stereocenters. The van der Waals surface area contributed by atoms with E-state index < -0.39 is 4.92 Å². The maximum atomic E-state index is 10.5. The lowest BCUT2D eigenvalue weighted by atomic mass is 10.0. The van der Waals surface area contributed by atoms with Crippen LogP contribution in [0.15, 0.2) is 18.2 Å². The van der Waals surface area contributed by atoms with Crippen LogP contribution in [-0.4, -0.2) is 16.1 Å². The number of non-ortho nitro benzene ring substituents is 1. The third-order valence-corrected chi connectivity index (χ3v) is 2.97. The van der Waals surface area contributed by atoms with Crippen molar-refractivity contribution in [3.8, 4) is 0 Å². The first kappa shape index (κ1) is 13.9. The van der Waals surface area contributed by atoms with Crippen LogP contribution in [0, 0.1) is 10.1 Å². The van der Waals surface area contributed by atoms with Crippen molar-refractivity contribution < 1.29 is 10.0 Å². The van der Waals surface area contributed by atoms with Gasteiger partial charge in [0.2, 0.25) is 0 Å². The molecule has 0 fully saturated rings. The SMILES string of the molecule is CCCC(O)CCc1ccc([N+](=O)[O-])cc1Cl. The van der Waals surface area contributed by atoms with E-state index in [1.165, 1.54) is 12.1 Å². The highest BCUT2D eigenvalue weighted by Gasteiger charge is 2.10. The fourth-order valence-corrected chi connectivity index (χ4v) is 1.92. The largest absolute Gasteiger partial charge is 0.393 e. The second-order valence-corrected chi connectivity index (χ2v) is 4.42. The van der Waals surface area contributed by atoms with Crippen molar-refractivity contribution in [3.05, 3.63) is 38.9 Å². The average molecular weight is 258 g/mol. The highest BCUT2D eigenvalue weighted by atomic mass is 35.5. The van der Waals surface area contributed by atoms with Gasteiger partial charge in [-0.1, -0.05) is 31.0 Å². The Morgan fingerprint density at radius 1 is 1.47 bits per heavy atom. The molecule has 1 unspecified atom stereocenters. The molecular formula is C12H16ClNO3. The van der Waals surface area contributed by atoms with E-state index in [1.807, 2.05) is 6.92 Å². The molecule has 0 spiro atoms. The first-order valence-corrected chi connectivity index (χ1v) is 6.03. The van der Waals surface area contributed by atoms with Crippen LogP contribution in [0.2, 0.25) is 5.02 Å². The number of halogens is 1. The minimum absolute atomic E-state index is 0.00661. The number of nitro groups is 1. The molecule has 0 aliphatic rings. The van der Waals surface area contributed by atoms with E-state index in [-0.39, 0.29) is 11.8 Å². The lowest BCUT2D eigenvalue weighted by Gasteiger charge is -2.09. The molecule has 0 bridgehead atoms. The fraction of sp³-hybridized carbons (Fsp3) is 0.500. The second-order valence-electron chi connectivity index (χ2n) is 4.01. The number of benzene rings is 1. The van der Waals surface area contributed by atoms with Crippen LogP contribution in [0.5, 0.6) is 0 Å².